The molecule has 13 heavy (non-hydrogen) atoms. The molecule has 0 aliphatic heterocycles. The number of hydrogen-bond acceptors (Lipinski definition) is 4. The summed E-state index contributed by atoms with van der Waals surface area (Å²) >= 11 is 3.65. The first-order valence-corrected chi connectivity index (χ1v) is 4.26. The van der Waals surface area contributed by atoms with Crippen LogP contribution in [0, 0.1) is 0 Å². The average Bonchev–Trinajstić information content (AvgIpc) is 2.20. The Labute approximate surface area is 82.2 Å². The van der Waals surface area contributed by atoms with Gasteiger partial charge < -0.3 is 10.8 Å². The second-order valence-electron chi connectivity index (χ2n) is 2.15. The third-order valence-electron chi connectivity index (χ3n) is 1.08. The van der Waals surface area contributed by atoms with Crippen molar-refractivity contribution in [2.24, 2.45) is 5.73 Å². The number of carboxylic acids is 1. The molecular weight excluding hydrogens is 188 g/mol. The van der Waals surface area contributed by atoms with Crippen molar-refractivity contribution in [1.29, 1.82) is 0 Å². The minimum atomic E-state index is -1.00. The highest BCUT2D eigenvalue weighted by molar-refractivity contribution is 7.80. The van der Waals surface area contributed by atoms with Gasteiger partial charge in [-0.05, 0) is 12.1 Å². The SMILES string of the molecule is NC(CS)C(=O)O.c1ccncc1. The van der Waals surface area contributed by atoms with Crippen molar-refractivity contribution < 1.29 is 9.90 Å². The molecule has 0 bridgehead atoms. The number of pyridine rings is 1. The number of carboxylic acid groups (broad SMARTS) is 1. The van der Waals surface area contributed by atoms with Crippen LogP contribution in [-0.4, -0.2) is 27.9 Å². The summed E-state index contributed by atoms with van der Waals surface area (Å²) in [6, 6.07) is 4.90. The molecule has 1 unspecified atom stereocenters. The maximum Gasteiger partial charge on any atom is 0.321 e. The van der Waals surface area contributed by atoms with Crippen LogP contribution >= 0.6 is 12.6 Å². The van der Waals surface area contributed by atoms with Crippen molar-refractivity contribution >= 4 is 18.6 Å². The Morgan fingerprint density at radius 2 is 2.00 bits per heavy atom. The molecule has 0 aliphatic carbocycles. The average molecular weight is 200 g/mol. The van der Waals surface area contributed by atoms with Crippen LogP contribution < -0.4 is 5.73 Å². The van der Waals surface area contributed by atoms with Gasteiger partial charge in [-0.1, -0.05) is 6.07 Å². The molecular formula is C8H12N2O2S. The third-order valence-corrected chi connectivity index (χ3v) is 1.47. The highest BCUT2D eigenvalue weighted by Crippen LogP contribution is 1.80. The Balaban J connectivity index is 0.000000223. The predicted molar refractivity (Wildman–Crippen MR) is 53.7 cm³/mol. The zero-order chi connectivity index (χ0) is 10.1. The zero-order valence-electron chi connectivity index (χ0n) is 7.00. The largest absolute Gasteiger partial charge is 0.480 e. The van der Waals surface area contributed by atoms with Crippen LogP contribution in [0.25, 0.3) is 0 Å². The zero-order valence-corrected chi connectivity index (χ0v) is 7.89. The Hall–Kier alpha value is -1.07. The molecule has 0 radical (unpaired) electrons. The molecule has 1 aromatic rings. The van der Waals surface area contributed by atoms with Gasteiger partial charge >= 0.3 is 5.97 Å². The maximum atomic E-state index is 9.76. The first-order valence-electron chi connectivity index (χ1n) is 3.62. The molecule has 72 valence electrons. The van der Waals surface area contributed by atoms with Crippen molar-refractivity contribution in [3.8, 4) is 0 Å². The molecule has 1 aromatic heterocycles. The number of nitrogens with zero attached hydrogens (tertiary/aromatic N) is 1. The summed E-state index contributed by atoms with van der Waals surface area (Å²) in [6.07, 6.45) is 3.50. The third kappa shape index (κ3) is 7.30. The van der Waals surface area contributed by atoms with E-state index in [2.05, 4.69) is 17.6 Å². The summed E-state index contributed by atoms with van der Waals surface area (Å²) in [5.41, 5.74) is 4.94. The first kappa shape index (κ1) is 11.9. The van der Waals surface area contributed by atoms with Gasteiger partial charge in [0.1, 0.15) is 6.04 Å². The van der Waals surface area contributed by atoms with Gasteiger partial charge in [0.15, 0.2) is 0 Å². The van der Waals surface area contributed by atoms with Crippen LogP contribution in [-0.2, 0) is 4.79 Å². The molecule has 5 heteroatoms. The lowest BCUT2D eigenvalue weighted by atomic mass is 10.4. The van der Waals surface area contributed by atoms with Gasteiger partial charge in [-0.15, -0.1) is 0 Å². The number of carbonyl (C=O) groups is 1. The number of thiol groups is 1. The van der Waals surface area contributed by atoms with E-state index in [0.29, 0.717) is 0 Å². The van der Waals surface area contributed by atoms with E-state index in [1.165, 1.54) is 0 Å². The van der Waals surface area contributed by atoms with Gasteiger partial charge in [0, 0.05) is 18.1 Å². The number of rotatable bonds is 2. The highest BCUT2D eigenvalue weighted by Gasteiger charge is 2.06. The van der Waals surface area contributed by atoms with Crippen LogP contribution in [0.1, 0.15) is 0 Å². The summed E-state index contributed by atoms with van der Waals surface area (Å²) in [6.45, 7) is 0. The van der Waals surface area contributed by atoms with E-state index in [0.717, 1.165) is 0 Å². The maximum absolute atomic E-state index is 9.76. The van der Waals surface area contributed by atoms with Crippen molar-refractivity contribution in [2.45, 2.75) is 6.04 Å². The molecule has 0 amide bonds. The predicted octanol–water partition coefficient (Wildman–Crippen LogP) is 0.410. The first-order chi connectivity index (χ1) is 6.18. The lowest BCUT2D eigenvalue weighted by Crippen LogP contribution is -2.31. The highest BCUT2D eigenvalue weighted by atomic mass is 32.1. The molecule has 3 N–H and O–H groups in total. The molecule has 0 spiro atoms. The number of aromatic nitrogens is 1. The van der Waals surface area contributed by atoms with E-state index >= 15 is 0 Å². The Bertz CT molecular complexity index is 204. The van der Waals surface area contributed by atoms with Crippen LogP contribution in [0.5, 0.6) is 0 Å². The minimum absolute atomic E-state index is 0.190. The van der Waals surface area contributed by atoms with Gasteiger partial charge in [0.25, 0.3) is 0 Å². The molecule has 0 aliphatic rings. The van der Waals surface area contributed by atoms with Gasteiger partial charge in [0.2, 0.25) is 0 Å². The Morgan fingerprint density at radius 3 is 2.08 bits per heavy atom. The Morgan fingerprint density at radius 1 is 1.46 bits per heavy atom. The van der Waals surface area contributed by atoms with Gasteiger partial charge in [-0.2, -0.15) is 12.6 Å². The molecule has 1 rings (SSSR count). The second kappa shape index (κ2) is 7.57. The summed E-state index contributed by atoms with van der Waals surface area (Å²) in [4.78, 5) is 13.5. The van der Waals surface area contributed by atoms with E-state index in [4.69, 9.17) is 10.8 Å². The smallest absolute Gasteiger partial charge is 0.321 e. The fourth-order valence-corrected chi connectivity index (χ4v) is 0.547. The molecule has 4 nitrogen and oxygen atoms in total. The minimum Gasteiger partial charge on any atom is -0.480 e. The molecule has 0 fully saturated rings. The number of aliphatic carboxylic acids is 1. The molecule has 0 saturated carbocycles. The molecule has 0 aromatic carbocycles. The van der Waals surface area contributed by atoms with Crippen molar-refractivity contribution in [1.82, 2.24) is 4.98 Å². The summed E-state index contributed by atoms with van der Waals surface area (Å²) in [5, 5.41) is 8.01. The monoisotopic (exact) mass is 200 g/mol. The van der Waals surface area contributed by atoms with Gasteiger partial charge in [-0.3, -0.25) is 9.78 Å². The van der Waals surface area contributed by atoms with E-state index in [-0.39, 0.29) is 5.75 Å². The lowest BCUT2D eigenvalue weighted by Gasteiger charge is -1.96. The van der Waals surface area contributed by atoms with Crippen LogP contribution in [0.2, 0.25) is 0 Å². The molecule has 1 atom stereocenters. The summed E-state index contributed by atoms with van der Waals surface area (Å²) in [7, 11) is 0. The van der Waals surface area contributed by atoms with Gasteiger partial charge in [0.05, 0.1) is 0 Å². The number of nitrogens with two attached hydrogens (primary N) is 1. The van der Waals surface area contributed by atoms with Crippen molar-refractivity contribution in [3.63, 3.8) is 0 Å². The molecule has 1 heterocycles. The quantitative estimate of drug-likeness (QED) is 0.604. The fraction of sp³-hybridized carbons (Fsp3) is 0.250. The van der Waals surface area contributed by atoms with Gasteiger partial charge in [-0.25, -0.2) is 0 Å². The van der Waals surface area contributed by atoms with Crippen molar-refractivity contribution in [3.05, 3.63) is 30.6 Å². The fourth-order valence-electron chi connectivity index (χ4n) is 0.391. The van der Waals surface area contributed by atoms with Crippen LogP contribution in [0.4, 0.5) is 0 Å². The molecule has 0 saturated heterocycles. The summed E-state index contributed by atoms with van der Waals surface area (Å²) in [5.74, 6) is -0.815. The van der Waals surface area contributed by atoms with E-state index in [1.54, 1.807) is 12.4 Å². The lowest BCUT2D eigenvalue weighted by molar-refractivity contribution is -0.137. The van der Waals surface area contributed by atoms with Crippen LogP contribution in [0.3, 0.4) is 0 Å². The second-order valence-corrected chi connectivity index (χ2v) is 2.52. The van der Waals surface area contributed by atoms with Crippen LogP contribution in [0.15, 0.2) is 30.6 Å². The van der Waals surface area contributed by atoms with E-state index in [1.807, 2.05) is 18.2 Å². The Kier molecular flexibility index (Phi) is 6.95. The number of hydrogen-bond donors (Lipinski definition) is 3. The van der Waals surface area contributed by atoms with E-state index in [9.17, 15) is 4.79 Å². The normalized spacial score (nSPS) is 10.9. The summed E-state index contributed by atoms with van der Waals surface area (Å²) < 4.78 is 0. The van der Waals surface area contributed by atoms with E-state index < -0.39 is 12.0 Å². The standard InChI is InChI=1S/C5H5N.C3H7NO2S/c1-2-4-6-5-3-1;4-2(1-7)3(5)6/h1-5H;2,7H,1,4H2,(H,5,6). The van der Waals surface area contributed by atoms with Crippen molar-refractivity contribution in [2.75, 3.05) is 5.75 Å². The topological polar surface area (TPSA) is 76.2 Å².